The first-order chi connectivity index (χ1) is 13.5. The third kappa shape index (κ3) is 9.39. The van der Waals surface area contributed by atoms with Crippen LogP contribution in [0, 0.1) is 0 Å². The number of hydrogen-bond acceptors (Lipinski definition) is 8. The summed E-state index contributed by atoms with van der Waals surface area (Å²) in [5.41, 5.74) is 0.554. The first-order valence-electron chi connectivity index (χ1n) is 7.99. The number of Topliss-reactive ketones (excluding diaryl/α,β-unsaturated/α-hetero) is 1. The molecule has 2 aromatic rings. The molecule has 0 unspecified atom stereocenters. The highest BCUT2D eigenvalue weighted by molar-refractivity contribution is 6.62. The summed E-state index contributed by atoms with van der Waals surface area (Å²) >= 11 is 4.64. The molecule has 2 rings (SSSR count). The number of phenolic OH excluding ortho intramolecular Hbond substituents is 2. The van der Waals surface area contributed by atoms with Crippen LogP contribution in [0.5, 0.6) is 11.5 Å². The lowest BCUT2D eigenvalue weighted by atomic mass is 10.1. The summed E-state index contributed by atoms with van der Waals surface area (Å²) in [5, 5.41) is 18.1. The lowest BCUT2D eigenvalue weighted by Gasteiger charge is -2.03. The third-order valence-electron chi connectivity index (χ3n) is 3.12. The smallest absolute Gasteiger partial charge is 0.341 e. The van der Waals surface area contributed by atoms with Crippen LogP contribution >= 0.6 is 11.6 Å². The molecule has 0 aliphatic heterocycles. The lowest BCUT2D eigenvalue weighted by molar-refractivity contribution is -0.109. The Morgan fingerprint density at radius 2 is 1.24 bits per heavy atom. The molecule has 156 valence electrons. The number of para-hydroxylation sites is 1. The van der Waals surface area contributed by atoms with E-state index in [1.807, 2.05) is 0 Å². The largest absolute Gasteiger partial charge is 0.507 e. The van der Waals surface area contributed by atoms with Gasteiger partial charge in [-0.3, -0.25) is 9.59 Å². The van der Waals surface area contributed by atoms with E-state index in [9.17, 15) is 24.3 Å². The number of ether oxygens (including phenoxy) is 2. The van der Waals surface area contributed by atoms with E-state index >= 15 is 0 Å². The molecule has 0 saturated carbocycles. The van der Waals surface area contributed by atoms with Crippen LogP contribution in [0.3, 0.4) is 0 Å². The van der Waals surface area contributed by atoms with Crippen molar-refractivity contribution in [1.29, 1.82) is 0 Å². The summed E-state index contributed by atoms with van der Waals surface area (Å²) in [6, 6.07) is 10.3. The number of carbonyl (C=O) groups excluding carboxylic acids is 4. The first-order valence-corrected chi connectivity index (χ1v) is 8.37. The summed E-state index contributed by atoms with van der Waals surface area (Å²) in [5.74, 6) is -1.61. The van der Waals surface area contributed by atoms with E-state index < -0.39 is 11.9 Å². The molecule has 0 aliphatic carbocycles. The Hall–Kier alpha value is -3.39. The summed E-state index contributed by atoms with van der Waals surface area (Å²) in [4.78, 5) is 42.2. The van der Waals surface area contributed by atoms with Crippen molar-refractivity contribution in [3.05, 3.63) is 59.2 Å². The number of ketones is 1. The number of esters is 2. The van der Waals surface area contributed by atoms with Gasteiger partial charge in [-0.15, -0.1) is 0 Å². The standard InChI is InChI=1S/C10H10O4.C8H8O3.C2H3ClO/c1-6(11)7-3-4-9(12)8(5-7)10(13)14-2;1-11-8(10)6-4-2-3-5-7(6)9;1-2(3)4/h3-5,12H,1-2H3;2-5,9H,1H3;1H3. The Kier molecular flexibility index (Phi) is 11.4. The van der Waals surface area contributed by atoms with E-state index in [-0.39, 0.29) is 33.7 Å². The molecular weight excluding hydrogens is 404 g/mol. The summed E-state index contributed by atoms with van der Waals surface area (Å²) in [6.07, 6.45) is 0. The maximum absolute atomic E-state index is 11.1. The molecule has 0 aliphatic rings. The summed E-state index contributed by atoms with van der Waals surface area (Å²) in [7, 11) is 2.48. The highest BCUT2D eigenvalue weighted by Gasteiger charge is 2.13. The molecule has 29 heavy (non-hydrogen) atoms. The van der Waals surface area contributed by atoms with Crippen molar-refractivity contribution in [2.24, 2.45) is 0 Å². The number of phenols is 2. The second-order valence-corrected chi connectivity index (χ2v) is 5.79. The van der Waals surface area contributed by atoms with Crippen molar-refractivity contribution in [2.75, 3.05) is 14.2 Å². The first kappa shape index (κ1) is 25.6. The molecule has 0 spiro atoms. The monoisotopic (exact) mass is 424 g/mol. The van der Waals surface area contributed by atoms with Crippen LogP contribution in [0.15, 0.2) is 42.5 Å². The zero-order chi connectivity index (χ0) is 22.6. The van der Waals surface area contributed by atoms with Gasteiger partial charge in [0.15, 0.2) is 5.78 Å². The molecule has 9 heteroatoms. The molecule has 0 radical (unpaired) electrons. The van der Waals surface area contributed by atoms with E-state index in [4.69, 9.17) is 5.11 Å². The molecule has 0 aromatic heterocycles. The fourth-order valence-electron chi connectivity index (χ4n) is 1.78. The van der Waals surface area contributed by atoms with Crippen LogP contribution in [0.4, 0.5) is 0 Å². The molecule has 2 N–H and O–H groups in total. The van der Waals surface area contributed by atoms with Gasteiger partial charge in [0, 0.05) is 12.5 Å². The highest BCUT2D eigenvalue weighted by atomic mass is 35.5. The van der Waals surface area contributed by atoms with Gasteiger partial charge in [-0.1, -0.05) is 12.1 Å². The molecular formula is C20H21ClO8. The van der Waals surface area contributed by atoms with Gasteiger partial charge >= 0.3 is 11.9 Å². The summed E-state index contributed by atoms with van der Waals surface area (Å²) in [6.45, 7) is 2.68. The number of benzene rings is 2. The normalized spacial score (nSPS) is 9.00. The fourth-order valence-corrected chi connectivity index (χ4v) is 1.78. The van der Waals surface area contributed by atoms with Crippen LogP contribution in [0.25, 0.3) is 0 Å². The lowest BCUT2D eigenvalue weighted by Crippen LogP contribution is -2.03. The summed E-state index contributed by atoms with van der Waals surface area (Å²) < 4.78 is 8.86. The number of aromatic hydroxyl groups is 2. The van der Waals surface area contributed by atoms with E-state index in [1.54, 1.807) is 12.1 Å². The molecule has 0 amide bonds. The van der Waals surface area contributed by atoms with Crippen LogP contribution in [-0.2, 0) is 14.3 Å². The molecule has 0 atom stereocenters. The van der Waals surface area contributed by atoms with Crippen LogP contribution in [-0.4, -0.2) is 47.4 Å². The van der Waals surface area contributed by atoms with Gasteiger partial charge in [-0.2, -0.15) is 0 Å². The van der Waals surface area contributed by atoms with Crippen molar-refractivity contribution >= 4 is 34.6 Å². The van der Waals surface area contributed by atoms with Gasteiger partial charge in [0.2, 0.25) is 5.24 Å². The van der Waals surface area contributed by atoms with Crippen LogP contribution in [0.1, 0.15) is 44.9 Å². The minimum Gasteiger partial charge on any atom is -0.507 e. The van der Waals surface area contributed by atoms with Gasteiger partial charge in [-0.05, 0) is 48.9 Å². The van der Waals surface area contributed by atoms with Gasteiger partial charge in [-0.25, -0.2) is 9.59 Å². The predicted molar refractivity (Wildman–Crippen MR) is 105 cm³/mol. The SMILES string of the molecule is CC(=O)Cl.COC(=O)c1cc(C(C)=O)ccc1O.COC(=O)c1ccccc1O. The second-order valence-electron chi connectivity index (χ2n) is 5.26. The van der Waals surface area contributed by atoms with E-state index in [0.29, 0.717) is 5.56 Å². The Labute approximate surface area is 172 Å². The maximum Gasteiger partial charge on any atom is 0.341 e. The zero-order valence-corrected chi connectivity index (χ0v) is 17.0. The average molecular weight is 425 g/mol. The second kappa shape index (κ2) is 12.9. The molecule has 0 fully saturated rings. The van der Waals surface area contributed by atoms with Crippen LogP contribution < -0.4 is 0 Å². The number of rotatable bonds is 3. The minimum absolute atomic E-state index is 0.000185. The molecule has 0 bridgehead atoms. The third-order valence-corrected chi connectivity index (χ3v) is 3.12. The Morgan fingerprint density at radius 3 is 1.69 bits per heavy atom. The minimum atomic E-state index is -0.661. The van der Waals surface area contributed by atoms with E-state index in [1.165, 1.54) is 58.4 Å². The number of carbonyl (C=O) groups is 4. The maximum atomic E-state index is 11.1. The molecule has 2 aromatic carbocycles. The quantitative estimate of drug-likeness (QED) is 0.436. The van der Waals surface area contributed by atoms with Crippen molar-refractivity contribution in [2.45, 2.75) is 13.8 Å². The Morgan fingerprint density at radius 1 is 0.793 bits per heavy atom. The fraction of sp³-hybridized carbons (Fsp3) is 0.200. The predicted octanol–water partition coefficient (Wildman–Crippen LogP) is 3.33. The Bertz CT molecular complexity index is 873. The van der Waals surface area contributed by atoms with Crippen molar-refractivity contribution in [1.82, 2.24) is 0 Å². The van der Waals surface area contributed by atoms with Gasteiger partial charge in [0.05, 0.1) is 14.2 Å². The van der Waals surface area contributed by atoms with Crippen molar-refractivity contribution in [3.63, 3.8) is 0 Å². The van der Waals surface area contributed by atoms with Crippen molar-refractivity contribution in [3.8, 4) is 11.5 Å². The van der Waals surface area contributed by atoms with Crippen molar-refractivity contribution < 1.29 is 38.9 Å². The average Bonchev–Trinajstić information content (AvgIpc) is 2.67. The zero-order valence-electron chi connectivity index (χ0n) is 16.3. The number of halogens is 1. The van der Waals surface area contributed by atoms with E-state index in [2.05, 4.69) is 21.1 Å². The van der Waals surface area contributed by atoms with Gasteiger partial charge < -0.3 is 19.7 Å². The van der Waals surface area contributed by atoms with E-state index in [0.717, 1.165) is 0 Å². The molecule has 8 nitrogen and oxygen atoms in total. The van der Waals surface area contributed by atoms with Gasteiger partial charge in [0.1, 0.15) is 22.6 Å². The number of hydrogen-bond donors (Lipinski definition) is 2. The topological polar surface area (TPSA) is 127 Å². The molecule has 0 heterocycles. The highest BCUT2D eigenvalue weighted by Crippen LogP contribution is 2.19. The van der Waals surface area contributed by atoms with Gasteiger partial charge in [0.25, 0.3) is 0 Å². The Balaban J connectivity index is 0.000000466. The van der Waals surface area contributed by atoms with Crippen LogP contribution in [0.2, 0.25) is 0 Å². The molecule has 0 saturated heterocycles. The number of methoxy groups -OCH3 is 2.